The quantitative estimate of drug-likeness (QED) is 0.494. The van der Waals surface area contributed by atoms with Crippen LogP contribution in [0.25, 0.3) is 6.08 Å². The average Bonchev–Trinajstić information content (AvgIpc) is 3.24. The number of thiophene rings is 1. The molecule has 0 spiro atoms. The Labute approximate surface area is 207 Å². The molecule has 9 heteroatoms. The first kappa shape index (κ1) is 24.0. The van der Waals surface area contributed by atoms with Crippen molar-refractivity contribution < 1.29 is 19.1 Å². The van der Waals surface area contributed by atoms with E-state index < -0.39 is 0 Å². The van der Waals surface area contributed by atoms with Crippen molar-refractivity contribution in [2.24, 2.45) is 0 Å². The van der Waals surface area contributed by atoms with Gasteiger partial charge in [-0.3, -0.25) is 9.78 Å². The number of aromatic nitrogens is 1. The molecule has 1 aliphatic heterocycles. The number of pyridine rings is 1. The summed E-state index contributed by atoms with van der Waals surface area (Å²) in [5.41, 5.74) is 3.19. The molecule has 178 valence electrons. The lowest BCUT2D eigenvalue weighted by Crippen LogP contribution is -2.36. The number of ether oxygens (including phenoxy) is 2. The molecule has 3 aromatic rings. The van der Waals surface area contributed by atoms with Crippen molar-refractivity contribution in [3.05, 3.63) is 82.0 Å². The Morgan fingerprint density at radius 3 is 2.83 bits per heavy atom. The standard InChI is InChI=1S/C26H24N4O4S/c1-33-20-7-4-18(5-8-20)11-14-34-26(32)30-13-10-21-22(15-27)25(35-23(21)17-30)29-24(31)9-6-19-3-2-12-28-16-19/h2-9,12,16H,10-11,13-14,17H2,1H3,(H,29,31)/b9-6+. The number of rotatable bonds is 7. The Morgan fingerprint density at radius 2 is 2.11 bits per heavy atom. The Hall–Kier alpha value is -4.16. The lowest BCUT2D eigenvalue weighted by molar-refractivity contribution is -0.111. The molecule has 2 amide bonds. The van der Waals surface area contributed by atoms with Crippen LogP contribution in [0.1, 0.15) is 27.1 Å². The Balaban J connectivity index is 1.34. The highest BCUT2D eigenvalue weighted by Gasteiger charge is 2.28. The van der Waals surface area contributed by atoms with Crippen LogP contribution in [0.5, 0.6) is 5.75 Å². The van der Waals surface area contributed by atoms with Crippen LogP contribution >= 0.6 is 11.3 Å². The van der Waals surface area contributed by atoms with E-state index >= 15 is 0 Å². The number of anilines is 1. The van der Waals surface area contributed by atoms with Gasteiger partial charge in [-0.25, -0.2) is 4.79 Å². The zero-order chi connectivity index (χ0) is 24.6. The minimum absolute atomic E-state index is 0.271. The Kier molecular flexibility index (Phi) is 7.75. The average molecular weight is 489 g/mol. The number of carbonyl (C=O) groups excluding carboxylic acids is 2. The van der Waals surface area contributed by atoms with Crippen molar-refractivity contribution in [1.82, 2.24) is 9.88 Å². The molecule has 35 heavy (non-hydrogen) atoms. The minimum atomic E-state index is -0.388. The van der Waals surface area contributed by atoms with E-state index in [1.54, 1.807) is 36.5 Å². The third-order valence-corrected chi connectivity index (χ3v) is 6.68. The van der Waals surface area contributed by atoms with E-state index in [1.165, 1.54) is 17.4 Å². The summed E-state index contributed by atoms with van der Waals surface area (Å²) in [6.45, 7) is 1.07. The number of nitrogens with zero attached hydrogens (tertiary/aromatic N) is 3. The summed E-state index contributed by atoms with van der Waals surface area (Å²) in [5.74, 6) is 0.446. The number of hydrogen-bond donors (Lipinski definition) is 1. The van der Waals surface area contributed by atoms with Crippen LogP contribution in [-0.4, -0.2) is 42.1 Å². The predicted molar refractivity (Wildman–Crippen MR) is 133 cm³/mol. The van der Waals surface area contributed by atoms with E-state index in [9.17, 15) is 14.9 Å². The van der Waals surface area contributed by atoms with Gasteiger partial charge in [0, 0.05) is 36.3 Å². The first-order chi connectivity index (χ1) is 17.1. The lowest BCUT2D eigenvalue weighted by atomic mass is 10.0. The Bertz CT molecular complexity index is 1260. The van der Waals surface area contributed by atoms with Crippen molar-refractivity contribution in [1.29, 1.82) is 5.26 Å². The zero-order valence-electron chi connectivity index (χ0n) is 19.2. The van der Waals surface area contributed by atoms with Gasteiger partial charge in [-0.05, 0) is 47.4 Å². The normalized spacial score (nSPS) is 12.6. The third kappa shape index (κ3) is 6.05. The predicted octanol–water partition coefficient (Wildman–Crippen LogP) is 4.41. The second-order valence-corrected chi connectivity index (χ2v) is 8.92. The molecule has 1 aromatic carbocycles. The molecule has 0 fully saturated rings. The highest BCUT2D eigenvalue weighted by molar-refractivity contribution is 7.16. The maximum Gasteiger partial charge on any atom is 0.410 e. The molecule has 8 nitrogen and oxygen atoms in total. The van der Waals surface area contributed by atoms with E-state index in [0.29, 0.717) is 36.5 Å². The van der Waals surface area contributed by atoms with Crippen molar-refractivity contribution >= 4 is 34.4 Å². The molecule has 0 aliphatic carbocycles. The molecule has 4 rings (SSSR count). The minimum Gasteiger partial charge on any atom is -0.497 e. The summed E-state index contributed by atoms with van der Waals surface area (Å²) >= 11 is 1.32. The maximum absolute atomic E-state index is 12.6. The summed E-state index contributed by atoms with van der Waals surface area (Å²) < 4.78 is 10.6. The van der Waals surface area contributed by atoms with Gasteiger partial charge in [0.15, 0.2) is 0 Å². The highest BCUT2D eigenvalue weighted by Crippen LogP contribution is 2.36. The molecule has 0 atom stereocenters. The number of amides is 2. The Morgan fingerprint density at radius 1 is 1.29 bits per heavy atom. The summed E-state index contributed by atoms with van der Waals surface area (Å²) in [6.07, 6.45) is 7.13. The first-order valence-electron chi connectivity index (χ1n) is 11.1. The van der Waals surface area contributed by atoms with Gasteiger partial charge in [-0.1, -0.05) is 18.2 Å². The van der Waals surface area contributed by atoms with Gasteiger partial charge in [0.25, 0.3) is 0 Å². The maximum atomic E-state index is 12.6. The van der Waals surface area contributed by atoms with E-state index in [1.807, 2.05) is 30.3 Å². The van der Waals surface area contributed by atoms with Gasteiger partial charge in [-0.15, -0.1) is 11.3 Å². The molecule has 0 radical (unpaired) electrons. The van der Waals surface area contributed by atoms with Crippen molar-refractivity contribution in [3.63, 3.8) is 0 Å². The van der Waals surface area contributed by atoms with Crippen LogP contribution in [0.15, 0.2) is 54.9 Å². The number of nitriles is 1. The molecule has 1 aliphatic rings. The van der Waals surface area contributed by atoms with Crippen molar-refractivity contribution in [3.8, 4) is 11.8 Å². The van der Waals surface area contributed by atoms with Crippen LogP contribution in [-0.2, 0) is 28.9 Å². The monoisotopic (exact) mass is 488 g/mol. The fourth-order valence-electron chi connectivity index (χ4n) is 3.71. The summed E-state index contributed by atoms with van der Waals surface area (Å²) in [4.78, 5) is 31.5. The molecule has 2 aromatic heterocycles. The van der Waals surface area contributed by atoms with Crippen LogP contribution < -0.4 is 10.1 Å². The van der Waals surface area contributed by atoms with E-state index in [4.69, 9.17) is 9.47 Å². The number of benzene rings is 1. The first-order valence-corrected chi connectivity index (χ1v) is 11.9. The number of nitrogens with one attached hydrogen (secondary N) is 1. The van der Waals surface area contributed by atoms with Gasteiger partial charge < -0.3 is 19.7 Å². The molecule has 0 bridgehead atoms. The second kappa shape index (κ2) is 11.3. The molecule has 3 heterocycles. The van der Waals surface area contributed by atoms with Crippen molar-refractivity contribution in [2.45, 2.75) is 19.4 Å². The van der Waals surface area contributed by atoms with Crippen LogP contribution in [0.2, 0.25) is 0 Å². The number of carbonyl (C=O) groups is 2. The van der Waals surface area contributed by atoms with Crippen LogP contribution in [0.3, 0.4) is 0 Å². The zero-order valence-corrected chi connectivity index (χ0v) is 20.0. The van der Waals surface area contributed by atoms with Crippen LogP contribution in [0.4, 0.5) is 9.80 Å². The summed E-state index contributed by atoms with van der Waals surface area (Å²) in [7, 11) is 1.62. The fraction of sp³-hybridized carbons (Fsp3) is 0.231. The molecular weight excluding hydrogens is 464 g/mol. The van der Waals surface area contributed by atoms with Gasteiger partial charge in [0.05, 0.1) is 25.8 Å². The van der Waals surface area contributed by atoms with Crippen molar-refractivity contribution in [2.75, 3.05) is 25.6 Å². The van der Waals surface area contributed by atoms with E-state index in [0.717, 1.165) is 27.3 Å². The molecule has 0 saturated heterocycles. The second-order valence-electron chi connectivity index (χ2n) is 7.81. The lowest BCUT2D eigenvalue weighted by Gasteiger charge is -2.26. The molecule has 0 unspecified atom stereocenters. The van der Waals surface area contributed by atoms with E-state index in [-0.39, 0.29) is 18.6 Å². The number of hydrogen-bond acceptors (Lipinski definition) is 7. The van der Waals surface area contributed by atoms with E-state index in [2.05, 4.69) is 16.4 Å². The highest BCUT2D eigenvalue weighted by atomic mass is 32.1. The topological polar surface area (TPSA) is 105 Å². The molecule has 1 N–H and O–H groups in total. The summed E-state index contributed by atoms with van der Waals surface area (Å²) in [5, 5.41) is 13.0. The fourth-order valence-corrected chi connectivity index (χ4v) is 4.92. The van der Waals surface area contributed by atoms with Gasteiger partial charge in [0.1, 0.15) is 16.8 Å². The number of fused-ring (bicyclic) bond motifs is 1. The largest absolute Gasteiger partial charge is 0.497 e. The number of methoxy groups -OCH3 is 1. The SMILES string of the molecule is COc1ccc(CCOC(=O)N2CCc3c(sc(NC(=O)/C=C/c4cccnc4)c3C#N)C2)cc1. The smallest absolute Gasteiger partial charge is 0.410 e. The van der Waals surface area contributed by atoms with Crippen LogP contribution in [0, 0.1) is 11.3 Å². The van der Waals surface area contributed by atoms with Gasteiger partial charge in [0.2, 0.25) is 5.91 Å². The molecular formula is C26H24N4O4S. The van der Waals surface area contributed by atoms with Gasteiger partial charge in [-0.2, -0.15) is 5.26 Å². The van der Waals surface area contributed by atoms with Gasteiger partial charge >= 0.3 is 6.09 Å². The molecule has 0 saturated carbocycles. The third-order valence-electron chi connectivity index (χ3n) is 5.55. The summed E-state index contributed by atoms with van der Waals surface area (Å²) in [6, 6.07) is 13.5.